The van der Waals surface area contributed by atoms with Crippen molar-refractivity contribution in [2.24, 2.45) is 11.3 Å². The number of ether oxygens (including phenoxy) is 1. The second-order valence-corrected chi connectivity index (χ2v) is 12.4. The first kappa shape index (κ1) is 28.5. The summed E-state index contributed by atoms with van der Waals surface area (Å²) in [6.45, 7) is 7.51. The van der Waals surface area contributed by atoms with E-state index in [2.05, 4.69) is 42.6 Å². The third kappa shape index (κ3) is 5.57. The summed E-state index contributed by atoms with van der Waals surface area (Å²) in [7, 11) is 0. The molecule has 3 saturated heterocycles. The average Bonchev–Trinajstić information content (AvgIpc) is 2.98. The van der Waals surface area contributed by atoms with E-state index in [4.69, 9.17) is 4.74 Å². The molecule has 44 heavy (non-hydrogen) atoms. The Hall–Kier alpha value is -4.22. The van der Waals surface area contributed by atoms with Gasteiger partial charge in [0.2, 0.25) is 5.91 Å². The fourth-order valence-electron chi connectivity index (χ4n) is 6.52. The van der Waals surface area contributed by atoms with Gasteiger partial charge in [-0.15, -0.1) is 0 Å². The number of halogens is 1. The smallest absolute Gasteiger partial charge is 0.272 e. The molecule has 0 bridgehead atoms. The van der Waals surface area contributed by atoms with Crippen LogP contribution in [0.15, 0.2) is 60.6 Å². The number of aromatic nitrogens is 3. The van der Waals surface area contributed by atoms with Gasteiger partial charge in [0.25, 0.3) is 5.91 Å². The summed E-state index contributed by atoms with van der Waals surface area (Å²) in [5.41, 5.74) is 5.78. The number of benzene rings is 1. The number of rotatable bonds is 7. The number of hydrogen-bond donors (Lipinski definition) is 2. The maximum atomic E-state index is 13.7. The van der Waals surface area contributed by atoms with Crippen LogP contribution in [0.2, 0.25) is 0 Å². The van der Waals surface area contributed by atoms with Crippen molar-refractivity contribution in [2.45, 2.75) is 25.8 Å². The molecule has 2 N–H and O–H groups in total. The lowest BCUT2D eigenvalue weighted by Gasteiger charge is -2.52. The van der Waals surface area contributed by atoms with Crippen LogP contribution in [0.25, 0.3) is 5.57 Å². The minimum Gasteiger partial charge on any atom is -0.380 e. The lowest BCUT2D eigenvalue weighted by molar-refractivity contribution is -0.150. The minimum atomic E-state index is -0.351. The van der Waals surface area contributed by atoms with Crippen molar-refractivity contribution in [3.63, 3.8) is 0 Å². The van der Waals surface area contributed by atoms with Crippen LogP contribution in [0.4, 0.5) is 10.2 Å². The standard InChI is InChI=1S/C33H36FN7O3/c1-21(38-31(42)28-15-35-16-29(39-28)40-8-10-41(11-9-40)32(43)25-17-44-18-25)22-2-4-23(5-3-22)30(27-7-6-26(34)14-37-27)24-12-33(13-24)19-36-20-33/h2-7,14-16,21,25,36H,8-13,17-20H2,1H3,(H,38,42)/t21-/m1/s1. The molecule has 0 unspecified atom stereocenters. The van der Waals surface area contributed by atoms with E-state index in [-0.39, 0.29) is 35.3 Å². The van der Waals surface area contributed by atoms with E-state index in [1.165, 1.54) is 24.0 Å². The van der Waals surface area contributed by atoms with Crippen LogP contribution in [0.5, 0.6) is 0 Å². The molecule has 1 saturated carbocycles. The Morgan fingerprint density at radius 2 is 1.75 bits per heavy atom. The lowest BCUT2D eigenvalue weighted by atomic mass is 9.60. The molecule has 1 aliphatic carbocycles. The van der Waals surface area contributed by atoms with Crippen LogP contribution < -0.4 is 15.5 Å². The second-order valence-electron chi connectivity index (χ2n) is 12.4. The fraction of sp³-hybridized carbons (Fsp3) is 0.424. The Kier molecular flexibility index (Phi) is 7.59. The number of carbonyl (C=O) groups excluding carboxylic acids is 2. The van der Waals surface area contributed by atoms with Crippen molar-refractivity contribution >= 4 is 23.2 Å². The van der Waals surface area contributed by atoms with Gasteiger partial charge in [0.05, 0.1) is 49.5 Å². The predicted octanol–water partition coefficient (Wildman–Crippen LogP) is 2.98. The zero-order valence-corrected chi connectivity index (χ0v) is 24.8. The summed E-state index contributed by atoms with van der Waals surface area (Å²) in [5.74, 6) is 0.106. The summed E-state index contributed by atoms with van der Waals surface area (Å²) >= 11 is 0. The molecule has 11 heteroatoms. The first-order valence-corrected chi connectivity index (χ1v) is 15.3. The van der Waals surface area contributed by atoms with Gasteiger partial charge < -0.3 is 25.2 Å². The Morgan fingerprint density at radius 3 is 2.36 bits per heavy atom. The van der Waals surface area contributed by atoms with Crippen LogP contribution in [-0.4, -0.2) is 84.1 Å². The molecular weight excluding hydrogens is 561 g/mol. The topological polar surface area (TPSA) is 113 Å². The third-order valence-corrected chi connectivity index (χ3v) is 9.32. The minimum absolute atomic E-state index is 0.0163. The predicted molar refractivity (Wildman–Crippen MR) is 162 cm³/mol. The molecule has 7 rings (SSSR count). The van der Waals surface area contributed by atoms with E-state index in [0.29, 0.717) is 50.6 Å². The van der Waals surface area contributed by atoms with E-state index in [1.807, 2.05) is 24.0 Å². The third-order valence-electron chi connectivity index (χ3n) is 9.32. The van der Waals surface area contributed by atoms with Gasteiger partial charge in [-0.25, -0.2) is 9.37 Å². The normalized spacial score (nSPS) is 19.9. The summed E-state index contributed by atoms with van der Waals surface area (Å²) in [4.78, 5) is 42.9. The summed E-state index contributed by atoms with van der Waals surface area (Å²) in [6.07, 6.45) is 6.44. The van der Waals surface area contributed by atoms with Crippen molar-refractivity contribution in [2.75, 3.05) is 57.4 Å². The van der Waals surface area contributed by atoms with E-state index in [1.54, 1.807) is 12.3 Å². The maximum Gasteiger partial charge on any atom is 0.272 e. The zero-order valence-electron chi connectivity index (χ0n) is 24.8. The first-order valence-electron chi connectivity index (χ1n) is 15.3. The molecular formula is C33H36FN7O3. The highest BCUT2D eigenvalue weighted by Gasteiger charge is 2.46. The molecule has 3 aromatic rings. The number of pyridine rings is 1. The van der Waals surface area contributed by atoms with Gasteiger partial charge in [0.1, 0.15) is 17.3 Å². The van der Waals surface area contributed by atoms with Crippen molar-refractivity contribution in [3.8, 4) is 0 Å². The van der Waals surface area contributed by atoms with E-state index in [9.17, 15) is 14.0 Å². The fourth-order valence-corrected chi connectivity index (χ4v) is 6.52. The van der Waals surface area contributed by atoms with Gasteiger partial charge in [-0.3, -0.25) is 19.6 Å². The van der Waals surface area contributed by atoms with Crippen molar-refractivity contribution < 1.29 is 18.7 Å². The molecule has 1 atom stereocenters. The molecule has 2 amide bonds. The highest BCUT2D eigenvalue weighted by Crippen LogP contribution is 2.51. The van der Waals surface area contributed by atoms with E-state index < -0.39 is 0 Å². The van der Waals surface area contributed by atoms with Gasteiger partial charge in [0.15, 0.2) is 0 Å². The van der Waals surface area contributed by atoms with Crippen LogP contribution in [0, 0.1) is 17.2 Å². The summed E-state index contributed by atoms with van der Waals surface area (Å²) in [6, 6.07) is 11.1. The molecule has 0 radical (unpaired) electrons. The quantitative estimate of drug-likeness (QED) is 0.428. The van der Waals surface area contributed by atoms with Gasteiger partial charge in [0, 0.05) is 50.3 Å². The maximum absolute atomic E-state index is 13.7. The van der Waals surface area contributed by atoms with Gasteiger partial charge in [-0.05, 0) is 43.0 Å². The van der Waals surface area contributed by atoms with Gasteiger partial charge in [-0.1, -0.05) is 29.8 Å². The van der Waals surface area contributed by atoms with Crippen molar-refractivity contribution in [1.82, 2.24) is 30.5 Å². The number of anilines is 1. The van der Waals surface area contributed by atoms with Crippen LogP contribution in [0.1, 0.15) is 53.1 Å². The molecule has 3 aliphatic heterocycles. The van der Waals surface area contributed by atoms with E-state index >= 15 is 0 Å². The second kappa shape index (κ2) is 11.7. The Balaban J connectivity index is 1.00. The summed E-state index contributed by atoms with van der Waals surface area (Å²) in [5, 5.41) is 6.43. The number of hydrogen-bond acceptors (Lipinski definition) is 8. The van der Waals surface area contributed by atoms with Gasteiger partial charge >= 0.3 is 0 Å². The number of carbonyl (C=O) groups is 2. The number of amides is 2. The zero-order chi connectivity index (χ0) is 30.3. The first-order chi connectivity index (χ1) is 21.4. The molecule has 1 aromatic carbocycles. The van der Waals surface area contributed by atoms with Crippen molar-refractivity contribution in [3.05, 3.63) is 88.9 Å². The van der Waals surface area contributed by atoms with Crippen LogP contribution >= 0.6 is 0 Å². The number of nitrogens with one attached hydrogen (secondary N) is 2. The largest absolute Gasteiger partial charge is 0.380 e. The highest BCUT2D eigenvalue weighted by atomic mass is 19.1. The van der Waals surface area contributed by atoms with Crippen LogP contribution in [0.3, 0.4) is 0 Å². The Morgan fingerprint density at radius 1 is 1.00 bits per heavy atom. The number of piperazine rings is 1. The average molecular weight is 598 g/mol. The number of nitrogens with zero attached hydrogens (tertiary/aromatic N) is 5. The molecule has 228 valence electrons. The van der Waals surface area contributed by atoms with Crippen molar-refractivity contribution in [1.29, 1.82) is 0 Å². The highest BCUT2D eigenvalue weighted by molar-refractivity contribution is 5.92. The lowest BCUT2D eigenvalue weighted by Crippen LogP contribution is -2.58. The SMILES string of the molecule is C[C@@H](NC(=O)c1cncc(N2CCN(C(=O)C3COC3)CC2)n1)c1ccc(C(=C2CC3(CNC3)C2)c2ccc(F)cn2)cc1. The molecule has 10 nitrogen and oxygen atoms in total. The molecule has 1 spiro atoms. The summed E-state index contributed by atoms with van der Waals surface area (Å²) < 4.78 is 18.8. The molecule has 4 aliphatic rings. The molecule has 5 heterocycles. The van der Waals surface area contributed by atoms with Gasteiger partial charge in [-0.2, -0.15) is 0 Å². The van der Waals surface area contributed by atoms with E-state index in [0.717, 1.165) is 48.3 Å². The molecule has 2 aromatic heterocycles. The Labute approximate surface area is 255 Å². The number of allylic oxidation sites excluding steroid dienone is 1. The monoisotopic (exact) mass is 597 g/mol. The molecule has 4 fully saturated rings. The Bertz CT molecular complexity index is 1570. The van der Waals surface area contributed by atoms with Crippen LogP contribution in [-0.2, 0) is 9.53 Å².